The molecule has 0 spiro atoms. The van der Waals surface area contributed by atoms with Gasteiger partial charge in [-0.3, -0.25) is 5.32 Å². The van der Waals surface area contributed by atoms with Crippen molar-refractivity contribution < 1.29 is 19.4 Å². The predicted molar refractivity (Wildman–Crippen MR) is 84.4 cm³/mol. The van der Waals surface area contributed by atoms with Crippen LogP contribution in [0.25, 0.3) is 11.3 Å². The van der Waals surface area contributed by atoms with Crippen molar-refractivity contribution in [3.63, 3.8) is 0 Å². The van der Waals surface area contributed by atoms with E-state index in [1.54, 1.807) is 32.9 Å². The summed E-state index contributed by atoms with van der Waals surface area (Å²) in [4.78, 5) is 23.2. The highest BCUT2D eigenvalue weighted by Crippen LogP contribution is 2.33. The average molecular weight is 320 g/mol. The lowest BCUT2D eigenvalue weighted by molar-refractivity contribution is 0.0636. The van der Waals surface area contributed by atoms with Crippen LogP contribution in [0.2, 0.25) is 0 Å². The number of rotatable bonds is 3. The van der Waals surface area contributed by atoms with Gasteiger partial charge in [-0.2, -0.15) is 4.37 Å². The molecule has 2 rings (SSSR count). The van der Waals surface area contributed by atoms with Crippen molar-refractivity contribution in [2.24, 2.45) is 0 Å². The molecule has 22 heavy (non-hydrogen) atoms. The number of ether oxygens (including phenoxy) is 1. The van der Waals surface area contributed by atoms with Crippen LogP contribution in [0.15, 0.2) is 30.3 Å². The van der Waals surface area contributed by atoms with Crippen molar-refractivity contribution in [3.05, 3.63) is 35.2 Å². The number of amides is 1. The molecule has 0 saturated heterocycles. The van der Waals surface area contributed by atoms with Gasteiger partial charge in [0.1, 0.15) is 11.3 Å². The standard InChI is InChI=1S/C15H16N2O4S/c1-15(2,3)21-14(20)16-11-10(9-7-5-4-6-8-9)17-22-12(11)13(18)19/h4-8H,1-3H3,(H,16,20)(H,18,19). The van der Waals surface area contributed by atoms with Crippen LogP contribution in [-0.4, -0.2) is 27.1 Å². The molecule has 2 aromatic rings. The van der Waals surface area contributed by atoms with E-state index >= 15 is 0 Å². The topological polar surface area (TPSA) is 88.5 Å². The number of carboxylic acid groups (broad SMARTS) is 1. The van der Waals surface area contributed by atoms with Gasteiger partial charge in [0.25, 0.3) is 0 Å². The first kappa shape index (κ1) is 16.0. The van der Waals surface area contributed by atoms with Crippen molar-refractivity contribution in [1.82, 2.24) is 4.37 Å². The molecule has 7 heteroatoms. The van der Waals surface area contributed by atoms with Gasteiger partial charge in [-0.1, -0.05) is 30.3 Å². The van der Waals surface area contributed by atoms with Crippen molar-refractivity contribution in [1.29, 1.82) is 0 Å². The molecule has 6 nitrogen and oxygen atoms in total. The number of carbonyl (C=O) groups excluding carboxylic acids is 1. The number of benzene rings is 1. The zero-order valence-corrected chi connectivity index (χ0v) is 13.2. The number of aromatic nitrogens is 1. The molecule has 0 atom stereocenters. The van der Waals surface area contributed by atoms with E-state index in [4.69, 9.17) is 4.74 Å². The van der Waals surface area contributed by atoms with E-state index in [1.807, 2.05) is 18.2 Å². The minimum absolute atomic E-state index is 0.0373. The highest BCUT2D eigenvalue weighted by atomic mass is 32.1. The van der Waals surface area contributed by atoms with E-state index < -0.39 is 17.7 Å². The first-order chi connectivity index (χ1) is 10.3. The number of hydrogen-bond acceptors (Lipinski definition) is 5. The minimum Gasteiger partial charge on any atom is -0.477 e. The maximum absolute atomic E-state index is 11.9. The third-order valence-corrected chi connectivity index (χ3v) is 3.39. The molecular formula is C15H16N2O4S. The quantitative estimate of drug-likeness (QED) is 0.896. The lowest BCUT2D eigenvalue weighted by Gasteiger charge is -2.19. The summed E-state index contributed by atoms with van der Waals surface area (Å²) >= 11 is 0.819. The summed E-state index contributed by atoms with van der Waals surface area (Å²) in [5.74, 6) is -1.15. The molecular weight excluding hydrogens is 304 g/mol. The molecule has 1 aromatic heterocycles. The van der Waals surface area contributed by atoms with Gasteiger partial charge < -0.3 is 9.84 Å². The lowest BCUT2D eigenvalue weighted by Crippen LogP contribution is -2.27. The Labute approximate surface area is 131 Å². The Morgan fingerprint density at radius 3 is 2.41 bits per heavy atom. The Kier molecular flexibility index (Phi) is 4.46. The lowest BCUT2D eigenvalue weighted by atomic mass is 10.1. The molecule has 0 unspecified atom stereocenters. The molecule has 1 amide bonds. The van der Waals surface area contributed by atoms with Crippen LogP contribution >= 0.6 is 11.5 Å². The van der Waals surface area contributed by atoms with E-state index in [0.29, 0.717) is 5.69 Å². The predicted octanol–water partition coefficient (Wildman–Crippen LogP) is 3.86. The second-order valence-corrected chi connectivity index (χ2v) is 6.31. The number of anilines is 1. The van der Waals surface area contributed by atoms with Crippen LogP contribution in [0.4, 0.5) is 10.5 Å². The van der Waals surface area contributed by atoms with Gasteiger partial charge >= 0.3 is 12.1 Å². The summed E-state index contributed by atoms with van der Waals surface area (Å²) in [6.45, 7) is 5.19. The van der Waals surface area contributed by atoms with Gasteiger partial charge in [-0.05, 0) is 32.3 Å². The Balaban J connectivity index is 2.38. The summed E-state index contributed by atoms with van der Waals surface area (Å²) < 4.78 is 9.32. The Morgan fingerprint density at radius 2 is 1.86 bits per heavy atom. The van der Waals surface area contributed by atoms with Gasteiger partial charge in [0.15, 0.2) is 4.88 Å². The molecule has 1 aromatic carbocycles. The van der Waals surface area contributed by atoms with E-state index in [-0.39, 0.29) is 10.6 Å². The normalized spacial score (nSPS) is 11.0. The molecule has 0 bridgehead atoms. The fourth-order valence-electron chi connectivity index (χ4n) is 1.75. The molecule has 1 heterocycles. The molecule has 2 N–H and O–H groups in total. The van der Waals surface area contributed by atoms with Crippen LogP contribution in [-0.2, 0) is 4.74 Å². The summed E-state index contributed by atoms with van der Waals surface area (Å²) in [5.41, 5.74) is 0.605. The minimum atomic E-state index is -1.15. The summed E-state index contributed by atoms with van der Waals surface area (Å²) in [6.07, 6.45) is -0.715. The van der Waals surface area contributed by atoms with Crippen LogP contribution < -0.4 is 5.32 Å². The van der Waals surface area contributed by atoms with Crippen LogP contribution in [0.1, 0.15) is 30.4 Å². The van der Waals surface area contributed by atoms with E-state index in [2.05, 4.69) is 9.69 Å². The monoisotopic (exact) mass is 320 g/mol. The zero-order chi connectivity index (χ0) is 16.3. The number of carboxylic acids is 1. The Morgan fingerprint density at radius 1 is 1.23 bits per heavy atom. The van der Waals surface area contributed by atoms with Crippen molar-refractivity contribution in [2.45, 2.75) is 26.4 Å². The highest BCUT2D eigenvalue weighted by Gasteiger charge is 2.24. The highest BCUT2D eigenvalue weighted by molar-refractivity contribution is 7.09. The molecule has 0 aliphatic heterocycles. The second-order valence-electron chi connectivity index (χ2n) is 5.53. The summed E-state index contributed by atoms with van der Waals surface area (Å²) in [7, 11) is 0. The fourth-order valence-corrected chi connectivity index (χ4v) is 2.45. The first-order valence-corrected chi connectivity index (χ1v) is 7.33. The van der Waals surface area contributed by atoms with E-state index in [1.165, 1.54) is 0 Å². The largest absolute Gasteiger partial charge is 0.477 e. The molecule has 0 radical (unpaired) electrons. The van der Waals surface area contributed by atoms with Gasteiger partial charge in [-0.25, -0.2) is 9.59 Å². The van der Waals surface area contributed by atoms with Crippen molar-refractivity contribution in [3.8, 4) is 11.3 Å². The van der Waals surface area contributed by atoms with Crippen molar-refractivity contribution >= 4 is 29.3 Å². The molecule has 0 fully saturated rings. The molecule has 116 valence electrons. The van der Waals surface area contributed by atoms with Crippen LogP contribution in [0, 0.1) is 0 Å². The summed E-state index contributed by atoms with van der Waals surface area (Å²) in [5, 5.41) is 11.8. The fraction of sp³-hybridized carbons (Fsp3) is 0.267. The SMILES string of the molecule is CC(C)(C)OC(=O)Nc1c(-c2ccccc2)nsc1C(=O)O. The van der Waals surface area contributed by atoms with E-state index in [0.717, 1.165) is 17.1 Å². The molecule has 0 aliphatic rings. The molecule has 0 saturated carbocycles. The van der Waals surface area contributed by atoms with Gasteiger partial charge in [0, 0.05) is 5.56 Å². The van der Waals surface area contributed by atoms with Crippen molar-refractivity contribution in [2.75, 3.05) is 5.32 Å². The number of carbonyl (C=O) groups is 2. The number of nitrogens with zero attached hydrogens (tertiary/aromatic N) is 1. The van der Waals surface area contributed by atoms with E-state index in [9.17, 15) is 14.7 Å². The average Bonchev–Trinajstić information content (AvgIpc) is 2.81. The third kappa shape index (κ3) is 3.82. The summed E-state index contributed by atoms with van der Waals surface area (Å²) in [6, 6.07) is 9.05. The maximum Gasteiger partial charge on any atom is 0.412 e. The van der Waals surface area contributed by atoms with Gasteiger partial charge in [0.05, 0.1) is 5.69 Å². The van der Waals surface area contributed by atoms with Gasteiger partial charge in [-0.15, -0.1) is 0 Å². The number of nitrogens with one attached hydrogen (secondary N) is 1. The smallest absolute Gasteiger partial charge is 0.412 e. The molecule has 0 aliphatic carbocycles. The maximum atomic E-state index is 11.9. The number of hydrogen-bond donors (Lipinski definition) is 2. The third-order valence-electron chi connectivity index (χ3n) is 2.56. The van der Waals surface area contributed by atoms with Gasteiger partial charge in [0.2, 0.25) is 0 Å². The Bertz CT molecular complexity index is 689. The number of aromatic carboxylic acids is 1. The first-order valence-electron chi connectivity index (χ1n) is 6.56. The van der Waals surface area contributed by atoms with Crippen LogP contribution in [0.3, 0.4) is 0 Å². The zero-order valence-electron chi connectivity index (χ0n) is 12.4. The second kappa shape index (κ2) is 6.15. The Hall–Kier alpha value is -2.41. The van der Waals surface area contributed by atoms with Crippen LogP contribution in [0.5, 0.6) is 0 Å².